The molecule has 0 bridgehead atoms. The zero-order chi connectivity index (χ0) is 14.5. The van der Waals surface area contributed by atoms with Gasteiger partial charge in [-0.3, -0.25) is 9.59 Å². The highest BCUT2D eigenvalue weighted by atomic mass is 32.1. The summed E-state index contributed by atoms with van der Waals surface area (Å²) in [5.41, 5.74) is 3.14. The molecule has 0 saturated heterocycles. The first-order valence-electron chi connectivity index (χ1n) is 6.24. The van der Waals surface area contributed by atoms with Crippen molar-refractivity contribution in [2.45, 2.75) is 20.4 Å². The van der Waals surface area contributed by atoms with Gasteiger partial charge in [-0.05, 0) is 53.9 Å². The Kier molecular flexibility index (Phi) is 4.53. The first kappa shape index (κ1) is 14.3. The molecule has 5 heteroatoms. The molecule has 104 valence electrons. The number of thiophene rings is 1. The first-order chi connectivity index (χ1) is 9.56. The molecule has 0 radical (unpaired) electrons. The van der Waals surface area contributed by atoms with E-state index in [-0.39, 0.29) is 18.0 Å². The van der Waals surface area contributed by atoms with Gasteiger partial charge in [-0.2, -0.15) is 11.3 Å². The number of H-pyrrole nitrogens is 1. The number of carbonyl (C=O) groups is 1. The predicted molar refractivity (Wildman–Crippen MR) is 81.7 cm³/mol. The molecular weight excluding hydrogens is 272 g/mol. The standard InChI is InChI=1S/C15H16N2O2S/c1-10-7-11(2)17-15(19)13(10)8-16-14(18)4-3-12-5-6-20-9-12/h3-7,9H,8H2,1-2H3,(H,16,18)(H,17,19)/b4-3+. The molecule has 0 unspecified atom stereocenters. The van der Waals surface area contributed by atoms with Crippen LogP contribution in [0.5, 0.6) is 0 Å². The molecule has 0 aliphatic carbocycles. The Morgan fingerprint density at radius 3 is 2.90 bits per heavy atom. The number of pyridine rings is 1. The highest BCUT2D eigenvalue weighted by Gasteiger charge is 2.06. The lowest BCUT2D eigenvalue weighted by atomic mass is 10.1. The van der Waals surface area contributed by atoms with Crippen molar-refractivity contribution < 1.29 is 4.79 Å². The van der Waals surface area contributed by atoms with Crippen LogP contribution in [0.15, 0.2) is 33.8 Å². The summed E-state index contributed by atoms with van der Waals surface area (Å²) < 4.78 is 0. The van der Waals surface area contributed by atoms with Crippen molar-refractivity contribution in [1.29, 1.82) is 0 Å². The topological polar surface area (TPSA) is 62.0 Å². The average molecular weight is 288 g/mol. The third-order valence-corrected chi connectivity index (χ3v) is 3.61. The summed E-state index contributed by atoms with van der Waals surface area (Å²) in [5, 5.41) is 6.63. The van der Waals surface area contributed by atoms with E-state index in [0.717, 1.165) is 16.8 Å². The van der Waals surface area contributed by atoms with Crippen molar-refractivity contribution >= 4 is 23.3 Å². The molecular formula is C15H16N2O2S. The maximum Gasteiger partial charge on any atom is 0.253 e. The van der Waals surface area contributed by atoms with Crippen LogP contribution in [0, 0.1) is 13.8 Å². The number of aryl methyl sites for hydroxylation is 2. The fraction of sp³-hybridized carbons (Fsp3) is 0.200. The van der Waals surface area contributed by atoms with E-state index in [1.54, 1.807) is 17.4 Å². The largest absolute Gasteiger partial charge is 0.348 e. The number of carbonyl (C=O) groups excluding carboxylic acids is 1. The van der Waals surface area contributed by atoms with E-state index in [0.29, 0.717) is 5.56 Å². The van der Waals surface area contributed by atoms with Crippen molar-refractivity contribution in [1.82, 2.24) is 10.3 Å². The van der Waals surface area contributed by atoms with E-state index in [1.165, 1.54) is 6.08 Å². The third-order valence-electron chi connectivity index (χ3n) is 2.90. The van der Waals surface area contributed by atoms with Crippen molar-refractivity contribution in [3.63, 3.8) is 0 Å². The summed E-state index contributed by atoms with van der Waals surface area (Å²) in [4.78, 5) is 26.2. The van der Waals surface area contributed by atoms with E-state index >= 15 is 0 Å². The molecule has 2 aromatic heterocycles. The van der Waals surface area contributed by atoms with E-state index in [9.17, 15) is 9.59 Å². The SMILES string of the molecule is Cc1cc(C)c(CNC(=O)/C=C/c2ccsc2)c(=O)[nH]1. The number of aromatic nitrogens is 1. The van der Waals surface area contributed by atoms with Crippen LogP contribution >= 0.6 is 11.3 Å². The Morgan fingerprint density at radius 2 is 2.25 bits per heavy atom. The molecule has 0 aliphatic heterocycles. The zero-order valence-electron chi connectivity index (χ0n) is 11.4. The zero-order valence-corrected chi connectivity index (χ0v) is 12.2. The number of hydrogen-bond donors (Lipinski definition) is 2. The highest BCUT2D eigenvalue weighted by molar-refractivity contribution is 7.08. The Balaban J connectivity index is 1.99. The van der Waals surface area contributed by atoms with Gasteiger partial charge in [0.1, 0.15) is 0 Å². The van der Waals surface area contributed by atoms with Crippen LogP contribution in [-0.4, -0.2) is 10.9 Å². The van der Waals surface area contributed by atoms with Gasteiger partial charge in [0.05, 0.1) is 0 Å². The van der Waals surface area contributed by atoms with Crippen LogP contribution in [-0.2, 0) is 11.3 Å². The summed E-state index contributed by atoms with van der Waals surface area (Å²) >= 11 is 1.58. The smallest absolute Gasteiger partial charge is 0.253 e. The Bertz CT molecular complexity index is 684. The molecule has 0 spiro atoms. The Hall–Kier alpha value is -2.14. The van der Waals surface area contributed by atoms with Crippen LogP contribution in [0.25, 0.3) is 6.08 Å². The predicted octanol–water partition coefficient (Wildman–Crippen LogP) is 2.38. The third kappa shape index (κ3) is 3.68. The van der Waals surface area contributed by atoms with Crippen molar-refractivity contribution in [2.75, 3.05) is 0 Å². The minimum atomic E-state index is -0.212. The first-order valence-corrected chi connectivity index (χ1v) is 7.18. The van der Waals surface area contributed by atoms with Gasteiger partial charge in [0.2, 0.25) is 5.91 Å². The second-order valence-corrected chi connectivity index (χ2v) is 5.33. The van der Waals surface area contributed by atoms with E-state index in [2.05, 4.69) is 10.3 Å². The fourth-order valence-corrected chi connectivity index (χ4v) is 2.51. The average Bonchev–Trinajstić information content (AvgIpc) is 2.88. The maximum absolute atomic E-state index is 11.8. The quantitative estimate of drug-likeness (QED) is 0.849. The van der Waals surface area contributed by atoms with Crippen LogP contribution in [0.2, 0.25) is 0 Å². The summed E-state index contributed by atoms with van der Waals surface area (Å²) in [6.07, 6.45) is 3.22. The maximum atomic E-state index is 11.8. The second kappa shape index (κ2) is 6.34. The molecule has 2 aromatic rings. The van der Waals surface area contributed by atoms with Gasteiger partial charge < -0.3 is 10.3 Å². The molecule has 0 saturated carbocycles. The lowest BCUT2D eigenvalue weighted by Gasteiger charge is -2.06. The van der Waals surface area contributed by atoms with Crippen molar-refractivity contribution in [2.24, 2.45) is 0 Å². The van der Waals surface area contributed by atoms with E-state index in [4.69, 9.17) is 0 Å². The summed E-state index contributed by atoms with van der Waals surface area (Å²) in [6, 6.07) is 3.83. The molecule has 4 nitrogen and oxygen atoms in total. The molecule has 1 amide bonds. The Labute approximate surface area is 121 Å². The molecule has 20 heavy (non-hydrogen) atoms. The Morgan fingerprint density at radius 1 is 1.45 bits per heavy atom. The monoisotopic (exact) mass is 288 g/mol. The molecule has 0 aromatic carbocycles. The van der Waals surface area contributed by atoms with Gasteiger partial charge in [-0.15, -0.1) is 0 Å². The number of hydrogen-bond acceptors (Lipinski definition) is 3. The molecule has 0 fully saturated rings. The van der Waals surface area contributed by atoms with Crippen LogP contribution in [0.3, 0.4) is 0 Å². The summed E-state index contributed by atoms with van der Waals surface area (Å²) in [6.45, 7) is 3.93. The van der Waals surface area contributed by atoms with Crippen molar-refractivity contribution in [3.05, 3.63) is 61.7 Å². The molecule has 0 atom stereocenters. The van der Waals surface area contributed by atoms with Crippen LogP contribution in [0.4, 0.5) is 0 Å². The fourth-order valence-electron chi connectivity index (χ4n) is 1.88. The van der Waals surface area contributed by atoms with Crippen molar-refractivity contribution in [3.8, 4) is 0 Å². The lowest BCUT2D eigenvalue weighted by molar-refractivity contribution is -0.116. The van der Waals surface area contributed by atoms with Gasteiger partial charge in [-0.25, -0.2) is 0 Å². The number of nitrogens with one attached hydrogen (secondary N) is 2. The molecule has 2 N–H and O–H groups in total. The van der Waals surface area contributed by atoms with Crippen LogP contribution < -0.4 is 10.9 Å². The molecule has 2 rings (SSSR count). The lowest BCUT2D eigenvalue weighted by Crippen LogP contribution is -2.26. The second-order valence-electron chi connectivity index (χ2n) is 4.55. The van der Waals surface area contributed by atoms with E-state index < -0.39 is 0 Å². The van der Waals surface area contributed by atoms with Gasteiger partial charge in [-0.1, -0.05) is 0 Å². The van der Waals surface area contributed by atoms with E-state index in [1.807, 2.05) is 36.7 Å². The highest BCUT2D eigenvalue weighted by Crippen LogP contribution is 2.07. The van der Waals surface area contributed by atoms with Gasteiger partial charge in [0.15, 0.2) is 0 Å². The summed E-state index contributed by atoms with van der Waals surface area (Å²) in [7, 11) is 0. The number of aromatic amines is 1. The number of rotatable bonds is 4. The minimum Gasteiger partial charge on any atom is -0.348 e. The molecule has 2 heterocycles. The summed E-state index contributed by atoms with van der Waals surface area (Å²) in [5.74, 6) is -0.212. The van der Waals surface area contributed by atoms with Gasteiger partial charge >= 0.3 is 0 Å². The number of amides is 1. The van der Waals surface area contributed by atoms with Gasteiger partial charge in [0.25, 0.3) is 5.56 Å². The normalized spacial score (nSPS) is 10.9. The van der Waals surface area contributed by atoms with Gasteiger partial charge in [0, 0.05) is 23.9 Å². The van der Waals surface area contributed by atoms with Crippen LogP contribution in [0.1, 0.15) is 22.4 Å². The minimum absolute atomic E-state index is 0.149. The molecule has 0 aliphatic rings.